The molecule has 1 atom stereocenters. The van der Waals surface area contributed by atoms with Crippen molar-refractivity contribution in [3.8, 4) is 5.75 Å². The molecule has 5 heteroatoms. The Morgan fingerprint density at radius 2 is 1.54 bits per heavy atom. The van der Waals surface area contributed by atoms with Gasteiger partial charge in [-0.2, -0.15) is 0 Å². The van der Waals surface area contributed by atoms with E-state index in [2.05, 4.69) is 0 Å². The molecule has 0 aliphatic carbocycles. The second-order valence-electron chi connectivity index (χ2n) is 6.67. The molecule has 0 aliphatic heterocycles. The van der Waals surface area contributed by atoms with Crippen LogP contribution in [0.1, 0.15) is 11.1 Å². The van der Waals surface area contributed by atoms with Crippen LogP contribution in [0.3, 0.4) is 0 Å². The fourth-order valence-electron chi connectivity index (χ4n) is 2.98. The van der Waals surface area contributed by atoms with Gasteiger partial charge < -0.3 is 9.84 Å². The summed E-state index contributed by atoms with van der Waals surface area (Å²) in [5, 5.41) is 10.4. The van der Waals surface area contributed by atoms with Crippen molar-refractivity contribution in [2.45, 2.75) is 19.2 Å². The highest BCUT2D eigenvalue weighted by atomic mass is 19.1. The van der Waals surface area contributed by atoms with Crippen LogP contribution in [0.15, 0.2) is 78.9 Å². The van der Waals surface area contributed by atoms with Crippen LogP contribution < -0.4 is 4.74 Å². The fourth-order valence-corrected chi connectivity index (χ4v) is 2.98. The van der Waals surface area contributed by atoms with E-state index < -0.39 is 17.7 Å². The number of ether oxygens (including phenoxy) is 1. The number of hydrogen-bond donors (Lipinski definition) is 1. The van der Waals surface area contributed by atoms with Crippen molar-refractivity contribution in [3.05, 3.63) is 102 Å². The highest BCUT2D eigenvalue weighted by molar-refractivity contribution is 5.21. The van der Waals surface area contributed by atoms with Crippen LogP contribution in [-0.4, -0.2) is 29.3 Å². The number of benzene rings is 3. The Bertz CT molecular complexity index is 859. The summed E-state index contributed by atoms with van der Waals surface area (Å²) in [5.74, 6) is -0.513. The summed E-state index contributed by atoms with van der Waals surface area (Å²) in [6.07, 6.45) is -0.757. The summed E-state index contributed by atoms with van der Waals surface area (Å²) in [5.41, 5.74) is 1.43. The predicted octanol–water partition coefficient (Wildman–Crippen LogP) is 4.41. The van der Waals surface area contributed by atoms with Gasteiger partial charge in [0.2, 0.25) is 0 Å². The molecule has 0 fully saturated rings. The number of aliphatic hydroxyl groups is 1. The first-order chi connectivity index (χ1) is 13.6. The number of hydrogen-bond acceptors (Lipinski definition) is 3. The molecular formula is C23H23F2NO2. The van der Waals surface area contributed by atoms with Gasteiger partial charge in [0.05, 0.1) is 0 Å². The van der Waals surface area contributed by atoms with Gasteiger partial charge in [0, 0.05) is 31.3 Å². The van der Waals surface area contributed by atoms with Crippen molar-refractivity contribution in [2.75, 3.05) is 13.2 Å². The maximum Gasteiger partial charge on any atom is 0.130 e. The smallest absolute Gasteiger partial charge is 0.130 e. The molecule has 1 N–H and O–H groups in total. The van der Waals surface area contributed by atoms with Gasteiger partial charge >= 0.3 is 0 Å². The molecule has 3 aromatic carbocycles. The lowest BCUT2D eigenvalue weighted by molar-refractivity contribution is 0.0624. The highest BCUT2D eigenvalue weighted by Crippen LogP contribution is 2.16. The van der Waals surface area contributed by atoms with Gasteiger partial charge in [0.25, 0.3) is 0 Å². The molecule has 0 aliphatic rings. The third kappa shape index (κ3) is 6.15. The topological polar surface area (TPSA) is 32.7 Å². The molecule has 0 spiro atoms. The number of rotatable bonds is 9. The molecule has 3 rings (SSSR count). The van der Waals surface area contributed by atoms with E-state index in [-0.39, 0.29) is 13.2 Å². The average Bonchev–Trinajstić information content (AvgIpc) is 2.70. The van der Waals surface area contributed by atoms with Gasteiger partial charge in [0.15, 0.2) is 0 Å². The van der Waals surface area contributed by atoms with Crippen molar-refractivity contribution in [1.29, 1.82) is 0 Å². The van der Waals surface area contributed by atoms with Crippen LogP contribution in [0, 0.1) is 11.6 Å². The molecule has 0 amide bonds. The minimum atomic E-state index is -0.757. The summed E-state index contributed by atoms with van der Waals surface area (Å²) in [6, 6.07) is 22.6. The van der Waals surface area contributed by atoms with Crippen LogP contribution in [0.2, 0.25) is 0 Å². The van der Waals surface area contributed by atoms with Crippen LogP contribution in [0.4, 0.5) is 8.78 Å². The van der Waals surface area contributed by atoms with Crippen LogP contribution in [0.25, 0.3) is 0 Å². The average molecular weight is 383 g/mol. The van der Waals surface area contributed by atoms with Crippen molar-refractivity contribution >= 4 is 0 Å². The Morgan fingerprint density at radius 3 is 2.21 bits per heavy atom. The second kappa shape index (κ2) is 9.97. The normalized spacial score (nSPS) is 12.1. The third-order valence-corrected chi connectivity index (χ3v) is 4.31. The first-order valence-electron chi connectivity index (χ1n) is 9.16. The first kappa shape index (κ1) is 20.0. The Balaban J connectivity index is 1.66. The number of para-hydroxylation sites is 1. The van der Waals surface area contributed by atoms with Crippen LogP contribution >= 0.6 is 0 Å². The van der Waals surface area contributed by atoms with E-state index in [0.29, 0.717) is 24.4 Å². The van der Waals surface area contributed by atoms with E-state index in [0.717, 1.165) is 11.6 Å². The monoisotopic (exact) mass is 383 g/mol. The van der Waals surface area contributed by atoms with Crippen LogP contribution in [0.5, 0.6) is 5.75 Å². The summed E-state index contributed by atoms with van der Waals surface area (Å²) in [6.45, 7) is 1.20. The summed E-state index contributed by atoms with van der Waals surface area (Å²) < 4.78 is 32.9. The lowest BCUT2D eigenvalue weighted by Crippen LogP contribution is -2.35. The summed E-state index contributed by atoms with van der Waals surface area (Å²) in [4.78, 5) is 1.92. The molecule has 0 saturated carbocycles. The van der Waals surface area contributed by atoms with Gasteiger partial charge in [-0.3, -0.25) is 4.90 Å². The zero-order chi connectivity index (χ0) is 19.8. The Morgan fingerprint density at radius 1 is 0.857 bits per heavy atom. The van der Waals surface area contributed by atoms with Gasteiger partial charge in [-0.25, -0.2) is 8.78 Å². The first-order valence-corrected chi connectivity index (χ1v) is 9.16. The second-order valence-corrected chi connectivity index (χ2v) is 6.67. The highest BCUT2D eigenvalue weighted by Gasteiger charge is 2.16. The number of halogens is 2. The van der Waals surface area contributed by atoms with Gasteiger partial charge in [-0.15, -0.1) is 0 Å². The molecule has 0 bridgehead atoms. The fraction of sp³-hybridized carbons (Fsp3) is 0.217. The summed E-state index contributed by atoms with van der Waals surface area (Å²) in [7, 11) is 0. The van der Waals surface area contributed by atoms with E-state index in [1.807, 2.05) is 65.6 Å². The van der Waals surface area contributed by atoms with Crippen molar-refractivity contribution < 1.29 is 18.6 Å². The number of nitrogens with zero attached hydrogens (tertiary/aromatic N) is 1. The molecule has 28 heavy (non-hydrogen) atoms. The van der Waals surface area contributed by atoms with Crippen molar-refractivity contribution in [3.63, 3.8) is 0 Å². The quantitative estimate of drug-likeness (QED) is 0.594. The SMILES string of the molecule is O[C@H](COc1ccccc1)CN(Cc1ccccc1)Cc1ccc(F)cc1F. The van der Waals surface area contributed by atoms with E-state index >= 15 is 0 Å². The number of aliphatic hydroxyl groups excluding tert-OH is 1. The Kier molecular flexibility index (Phi) is 7.12. The van der Waals surface area contributed by atoms with E-state index in [1.54, 1.807) is 0 Å². The largest absolute Gasteiger partial charge is 0.491 e. The molecule has 0 unspecified atom stereocenters. The maximum atomic E-state index is 14.1. The van der Waals surface area contributed by atoms with E-state index in [1.165, 1.54) is 12.1 Å². The predicted molar refractivity (Wildman–Crippen MR) is 105 cm³/mol. The van der Waals surface area contributed by atoms with Gasteiger partial charge in [0.1, 0.15) is 30.1 Å². The summed E-state index contributed by atoms with van der Waals surface area (Å²) >= 11 is 0. The standard InChI is InChI=1S/C23H23F2NO2/c24-20-12-11-19(23(25)13-20)15-26(14-18-7-3-1-4-8-18)16-21(27)17-28-22-9-5-2-6-10-22/h1-13,21,27H,14-17H2/t21-/m0/s1. The molecule has 3 nitrogen and oxygen atoms in total. The maximum absolute atomic E-state index is 14.1. The molecule has 3 aromatic rings. The molecule has 0 heterocycles. The third-order valence-electron chi connectivity index (χ3n) is 4.31. The Hall–Kier alpha value is -2.76. The van der Waals surface area contributed by atoms with Crippen molar-refractivity contribution in [2.24, 2.45) is 0 Å². The van der Waals surface area contributed by atoms with Crippen molar-refractivity contribution in [1.82, 2.24) is 4.90 Å². The van der Waals surface area contributed by atoms with E-state index in [9.17, 15) is 13.9 Å². The lowest BCUT2D eigenvalue weighted by atomic mass is 10.1. The lowest BCUT2D eigenvalue weighted by Gasteiger charge is -2.25. The van der Waals surface area contributed by atoms with Crippen LogP contribution in [-0.2, 0) is 13.1 Å². The molecule has 0 saturated heterocycles. The molecular weight excluding hydrogens is 360 g/mol. The van der Waals surface area contributed by atoms with Gasteiger partial charge in [-0.1, -0.05) is 54.6 Å². The van der Waals surface area contributed by atoms with E-state index in [4.69, 9.17) is 4.74 Å². The molecule has 146 valence electrons. The van der Waals surface area contributed by atoms with Gasteiger partial charge in [-0.05, 0) is 23.8 Å². The zero-order valence-corrected chi connectivity index (χ0v) is 15.5. The molecule has 0 aromatic heterocycles. The molecule has 0 radical (unpaired) electrons. The Labute approximate surface area is 163 Å². The minimum Gasteiger partial charge on any atom is -0.491 e. The zero-order valence-electron chi connectivity index (χ0n) is 15.5. The minimum absolute atomic E-state index is 0.126.